The van der Waals surface area contributed by atoms with Crippen LogP contribution in [0.1, 0.15) is 5.01 Å². The standard InChI is InChI=1S/C21H24N4O2S/c1-25(2)21(22)23-13-18-24-19(14-5-9-16(26-3)10-6-14)20(28-18)15-7-11-17(27-4)12-8-15/h5-12H,13H2,1-4H3,(H2,22,23). The average molecular weight is 397 g/mol. The Morgan fingerprint density at radius 1 is 0.964 bits per heavy atom. The molecule has 0 unspecified atom stereocenters. The van der Waals surface area contributed by atoms with Crippen LogP contribution in [0.5, 0.6) is 11.5 Å². The van der Waals surface area contributed by atoms with Gasteiger partial charge in [-0.1, -0.05) is 0 Å². The molecule has 0 aliphatic carbocycles. The molecule has 1 heterocycles. The number of rotatable bonds is 6. The number of nitrogens with zero attached hydrogens (tertiary/aromatic N) is 2. The number of benzene rings is 2. The van der Waals surface area contributed by atoms with E-state index in [9.17, 15) is 0 Å². The van der Waals surface area contributed by atoms with Crippen LogP contribution in [0.2, 0.25) is 0 Å². The van der Waals surface area contributed by atoms with Gasteiger partial charge in [0.15, 0.2) is 5.96 Å². The fourth-order valence-corrected chi connectivity index (χ4v) is 3.67. The fraction of sp³-hybridized carbons (Fsp3) is 0.238. The second kappa shape index (κ2) is 8.75. The first-order valence-electron chi connectivity index (χ1n) is 8.80. The van der Waals surface area contributed by atoms with Crippen molar-refractivity contribution in [3.63, 3.8) is 0 Å². The number of ether oxygens (including phenoxy) is 2. The third-order valence-corrected chi connectivity index (χ3v) is 5.35. The molecule has 0 saturated carbocycles. The molecule has 28 heavy (non-hydrogen) atoms. The van der Waals surface area contributed by atoms with E-state index in [1.54, 1.807) is 30.5 Å². The van der Waals surface area contributed by atoms with E-state index in [0.717, 1.165) is 38.2 Å². The minimum absolute atomic E-state index is 0.354. The van der Waals surface area contributed by atoms with Gasteiger partial charge in [-0.15, -0.1) is 11.3 Å². The molecule has 6 nitrogen and oxygen atoms in total. The van der Waals surface area contributed by atoms with Crippen molar-refractivity contribution in [1.82, 2.24) is 15.2 Å². The number of aromatic nitrogens is 1. The first kappa shape index (κ1) is 19.7. The van der Waals surface area contributed by atoms with E-state index in [1.807, 2.05) is 62.6 Å². The smallest absolute Gasteiger partial charge is 0.190 e. The summed E-state index contributed by atoms with van der Waals surface area (Å²) in [7, 11) is 6.99. The Bertz CT molecular complexity index is 869. The molecular weight excluding hydrogens is 372 g/mol. The molecule has 1 aromatic heterocycles. The molecule has 7 heteroatoms. The van der Waals surface area contributed by atoms with Crippen molar-refractivity contribution in [1.29, 1.82) is 5.41 Å². The van der Waals surface area contributed by atoms with E-state index < -0.39 is 0 Å². The lowest BCUT2D eigenvalue weighted by Gasteiger charge is -2.14. The van der Waals surface area contributed by atoms with Gasteiger partial charge in [0.1, 0.15) is 16.5 Å². The molecule has 0 aliphatic heterocycles. The third kappa shape index (κ3) is 4.43. The summed E-state index contributed by atoms with van der Waals surface area (Å²) in [6.45, 7) is 0.501. The van der Waals surface area contributed by atoms with Gasteiger partial charge in [0, 0.05) is 19.7 Å². The highest BCUT2D eigenvalue weighted by atomic mass is 32.1. The molecule has 0 spiro atoms. The van der Waals surface area contributed by atoms with Gasteiger partial charge in [0.25, 0.3) is 0 Å². The summed E-state index contributed by atoms with van der Waals surface area (Å²) in [5, 5.41) is 12.0. The second-order valence-corrected chi connectivity index (χ2v) is 7.42. The van der Waals surface area contributed by atoms with Gasteiger partial charge in [-0.2, -0.15) is 0 Å². The van der Waals surface area contributed by atoms with Gasteiger partial charge < -0.3 is 19.7 Å². The number of nitrogens with one attached hydrogen (secondary N) is 2. The van der Waals surface area contributed by atoms with Gasteiger partial charge in [0.05, 0.1) is 31.3 Å². The highest BCUT2D eigenvalue weighted by Gasteiger charge is 2.16. The summed E-state index contributed by atoms with van der Waals surface area (Å²) in [5.41, 5.74) is 3.03. The van der Waals surface area contributed by atoms with Gasteiger partial charge in [-0.05, 0) is 54.1 Å². The number of methoxy groups -OCH3 is 2. The van der Waals surface area contributed by atoms with E-state index in [1.165, 1.54) is 0 Å². The van der Waals surface area contributed by atoms with E-state index in [4.69, 9.17) is 19.9 Å². The molecule has 0 amide bonds. The highest BCUT2D eigenvalue weighted by Crippen LogP contribution is 2.38. The predicted molar refractivity (Wildman–Crippen MR) is 114 cm³/mol. The van der Waals surface area contributed by atoms with Crippen LogP contribution in [-0.4, -0.2) is 44.2 Å². The topological polar surface area (TPSA) is 70.5 Å². The molecule has 3 aromatic rings. The SMILES string of the molecule is COc1ccc(-c2nc(CNC(=N)N(C)C)sc2-c2ccc(OC)cc2)cc1. The predicted octanol–water partition coefficient (Wildman–Crippen LogP) is 4.08. The molecule has 0 fully saturated rings. The van der Waals surface area contributed by atoms with Gasteiger partial charge in [0.2, 0.25) is 0 Å². The van der Waals surface area contributed by atoms with E-state index in [-0.39, 0.29) is 0 Å². The van der Waals surface area contributed by atoms with Crippen molar-refractivity contribution in [2.24, 2.45) is 0 Å². The molecule has 0 atom stereocenters. The second-order valence-electron chi connectivity index (χ2n) is 6.34. The Hall–Kier alpha value is -3.06. The van der Waals surface area contributed by atoms with Gasteiger partial charge in [-0.25, -0.2) is 4.98 Å². The first-order chi connectivity index (χ1) is 13.5. The maximum atomic E-state index is 7.93. The highest BCUT2D eigenvalue weighted by molar-refractivity contribution is 7.15. The van der Waals surface area contributed by atoms with Gasteiger partial charge >= 0.3 is 0 Å². The maximum Gasteiger partial charge on any atom is 0.190 e. The van der Waals surface area contributed by atoms with Crippen molar-refractivity contribution in [3.8, 4) is 33.2 Å². The summed E-state index contributed by atoms with van der Waals surface area (Å²) in [4.78, 5) is 7.66. The number of hydrogen-bond acceptors (Lipinski definition) is 5. The average Bonchev–Trinajstić information content (AvgIpc) is 3.16. The van der Waals surface area contributed by atoms with E-state index in [0.29, 0.717) is 12.5 Å². The molecule has 146 valence electrons. The van der Waals surface area contributed by atoms with Crippen LogP contribution in [0.15, 0.2) is 48.5 Å². The van der Waals surface area contributed by atoms with Crippen LogP contribution in [0.4, 0.5) is 0 Å². The van der Waals surface area contributed by atoms with Crippen LogP contribution >= 0.6 is 11.3 Å². The zero-order valence-electron chi connectivity index (χ0n) is 16.4. The minimum Gasteiger partial charge on any atom is -0.497 e. The van der Waals surface area contributed by atoms with Crippen LogP contribution in [0.25, 0.3) is 21.7 Å². The van der Waals surface area contributed by atoms with Crippen LogP contribution in [-0.2, 0) is 6.54 Å². The Balaban J connectivity index is 1.97. The lowest BCUT2D eigenvalue weighted by molar-refractivity contribution is 0.414. The van der Waals surface area contributed by atoms with Crippen molar-refractivity contribution < 1.29 is 9.47 Å². The van der Waals surface area contributed by atoms with Crippen LogP contribution in [0, 0.1) is 5.41 Å². The summed E-state index contributed by atoms with van der Waals surface area (Å²) in [5.74, 6) is 1.99. The normalized spacial score (nSPS) is 10.4. The van der Waals surface area contributed by atoms with Crippen molar-refractivity contribution in [3.05, 3.63) is 53.5 Å². The lowest BCUT2D eigenvalue weighted by Crippen LogP contribution is -2.34. The molecule has 0 saturated heterocycles. The molecule has 3 rings (SSSR count). The summed E-state index contributed by atoms with van der Waals surface area (Å²) < 4.78 is 10.5. The van der Waals surface area contributed by atoms with E-state index in [2.05, 4.69) is 5.32 Å². The summed E-state index contributed by atoms with van der Waals surface area (Å²) >= 11 is 1.62. The largest absolute Gasteiger partial charge is 0.497 e. The lowest BCUT2D eigenvalue weighted by atomic mass is 10.1. The fourth-order valence-electron chi connectivity index (χ4n) is 2.64. The number of guanidine groups is 1. The Morgan fingerprint density at radius 2 is 1.50 bits per heavy atom. The Labute approximate surface area is 169 Å². The summed E-state index contributed by atoms with van der Waals surface area (Å²) in [6.07, 6.45) is 0. The number of thiazole rings is 1. The van der Waals surface area contributed by atoms with Crippen LogP contribution < -0.4 is 14.8 Å². The van der Waals surface area contributed by atoms with Crippen molar-refractivity contribution in [2.45, 2.75) is 6.54 Å². The Kier molecular flexibility index (Phi) is 6.16. The van der Waals surface area contributed by atoms with Crippen molar-refractivity contribution >= 4 is 17.3 Å². The van der Waals surface area contributed by atoms with Gasteiger partial charge in [-0.3, -0.25) is 5.41 Å². The number of hydrogen-bond donors (Lipinski definition) is 2. The monoisotopic (exact) mass is 396 g/mol. The Morgan fingerprint density at radius 3 is 2.00 bits per heavy atom. The quantitative estimate of drug-likeness (QED) is 0.485. The van der Waals surface area contributed by atoms with Crippen molar-refractivity contribution in [2.75, 3.05) is 28.3 Å². The zero-order chi connectivity index (χ0) is 20.1. The van der Waals surface area contributed by atoms with E-state index >= 15 is 0 Å². The maximum absolute atomic E-state index is 7.93. The molecular formula is C21H24N4O2S. The molecule has 0 bridgehead atoms. The third-order valence-electron chi connectivity index (χ3n) is 4.24. The first-order valence-corrected chi connectivity index (χ1v) is 9.61. The van der Waals surface area contributed by atoms with Crippen LogP contribution in [0.3, 0.4) is 0 Å². The molecule has 2 N–H and O–H groups in total. The summed E-state index contributed by atoms with van der Waals surface area (Å²) in [6, 6.07) is 15.9. The zero-order valence-corrected chi connectivity index (χ0v) is 17.3. The molecule has 0 radical (unpaired) electrons. The molecule has 0 aliphatic rings. The molecule has 2 aromatic carbocycles. The minimum atomic E-state index is 0.354.